The van der Waals surface area contributed by atoms with Crippen LogP contribution in [0, 0.1) is 12.8 Å². The van der Waals surface area contributed by atoms with E-state index in [0.29, 0.717) is 18.1 Å². The third-order valence-corrected chi connectivity index (χ3v) is 6.85. The van der Waals surface area contributed by atoms with Gasteiger partial charge in [-0.1, -0.05) is 5.16 Å². The molecule has 2 fully saturated rings. The molecule has 1 N–H and O–H groups in total. The zero-order chi connectivity index (χ0) is 17.4. The SMILES string of the molecule is CO[C@H]1CN(C2CSCCSC2)C[C@H]1Cc1cc(C)no1.O=CO. The molecule has 1 aromatic heterocycles. The fraction of sp³-hybridized carbons (Fsp3) is 0.750. The second-order valence-corrected chi connectivity index (χ2v) is 8.34. The molecule has 1 aromatic rings. The number of thioether (sulfide) groups is 2. The minimum absolute atomic E-state index is 0.250. The van der Waals surface area contributed by atoms with Crippen LogP contribution in [0.2, 0.25) is 0 Å². The summed E-state index contributed by atoms with van der Waals surface area (Å²) in [6, 6.07) is 2.74. The van der Waals surface area contributed by atoms with Crippen LogP contribution in [0.4, 0.5) is 0 Å². The summed E-state index contributed by atoms with van der Waals surface area (Å²) in [6.07, 6.45) is 1.25. The second-order valence-electron chi connectivity index (χ2n) is 6.04. The van der Waals surface area contributed by atoms with Crippen LogP contribution in [0.1, 0.15) is 11.5 Å². The molecule has 3 heterocycles. The maximum absolute atomic E-state index is 8.36. The van der Waals surface area contributed by atoms with Crippen LogP contribution in [0.3, 0.4) is 0 Å². The lowest BCUT2D eigenvalue weighted by Crippen LogP contribution is -2.37. The summed E-state index contributed by atoms with van der Waals surface area (Å²) in [5.74, 6) is 6.62. The largest absolute Gasteiger partial charge is 0.483 e. The van der Waals surface area contributed by atoms with E-state index in [-0.39, 0.29) is 6.47 Å². The van der Waals surface area contributed by atoms with Gasteiger partial charge in [0, 0.05) is 67.7 Å². The number of methoxy groups -OCH3 is 1. The van der Waals surface area contributed by atoms with Gasteiger partial charge in [0.1, 0.15) is 5.76 Å². The number of aromatic nitrogens is 1. The van der Waals surface area contributed by atoms with Gasteiger partial charge in [0.2, 0.25) is 0 Å². The minimum atomic E-state index is -0.250. The van der Waals surface area contributed by atoms with Gasteiger partial charge in [0.05, 0.1) is 11.8 Å². The molecule has 136 valence electrons. The lowest BCUT2D eigenvalue weighted by Gasteiger charge is -2.25. The molecule has 0 bridgehead atoms. The first kappa shape index (κ1) is 19.6. The van der Waals surface area contributed by atoms with Gasteiger partial charge in [-0.2, -0.15) is 23.5 Å². The maximum atomic E-state index is 8.36. The highest BCUT2D eigenvalue weighted by molar-refractivity contribution is 8.03. The Balaban J connectivity index is 0.000000647. The van der Waals surface area contributed by atoms with Crippen LogP contribution in [-0.2, 0) is 16.0 Å². The van der Waals surface area contributed by atoms with E-state index >= 15 is 0 Å². The van der Waals surface area contributed by atoms with E-state index in [1.807, 2.05) is 20.1 Å². The average molecular weight is 375 g/mol. The molecule has 0 spiro atoms. The van der Waals surface area contributed by atoms with Crippen LogP contribution in [-0.4, -0.2) is 77.0 Å². The molecule has 2 aliphatic heterocycles. The number of carbonyl (C=O) groups is 1. The van der Waals surface area contributed by atoms with Gasteiger partial charge in [0.25, 0.3) is 6.47 Å². The van der Waals surface area contributed by atoms with Gasteiger partial charge in [-0.25, -0.2) is 0 Å². The van der Waals surface area contributed by atoms with Crippen molar-refractivity contribution in [3.63, 3.8) is 0 Å². The van der Waals surface area contributed by atoms with E-state index in [0.717, 1.165) is 31.0 Å². The smallest absolute Gasteiger partial charge is 0.290 e. The van der Waals surface area contributed by atoms with Crippen LogP contribution in [0.5, 0.6) is 0 Å². The Morgan fingerprint density at radius 1 is 1.42 bits per heavy atom. The highest BCUT2D eigenvalue weighted by Crippen LogP contribution is 2.29. The van der Waals surface area contributed by atoms with E-state index in [4.69, 9.17) is 19.2 Å². The molecule has 2 aliphatic rings. The predicted molar refractivity (Wildman–Crippen MR) is 97.9 cm³/mol. The minimum Gasteiger partial charge on any atom is -0.483 e. The lowest BCUT2D eigenvalue weighted by atomic mass is 10.0. The van der Waals surface area contributed by atoms with E-state index in [1.54, 1.807) is 0 Å². The van der Waals surface area contributed by atoms with Crippen LogP contribution < -0.4 is 0 Å². The van der Waals surface area contributed by atoms with E-state index in [1.165, 1.54) is 23.0 Å². The number of rotatable bonds is 4. The molecule has 2 saturated heterocycles. The van der Waals surface area contributed by atoms with Gasteiger partial charge in [-0.05, 0) is 6.92 Å². The van der Waals surface area contributed by atoms with Crippen molar-refractivity contribution in [3.8, 4) is 0 Å². The Morgan fingerprint density at radius 2 is 2.08 bits per heavy atom. The van der Waals surface area contributed by atoms with Gasteiger partial charge < -0.3 is 14.4 Å². The molecule has 8 heteroatoms. The van der Waals surface area contributed by atoms with Crippen molar-refractivity contribution >= 4 is 30.0 Å². The summed E-state index contributed by atoms with van der Waals surface area (Å²) in [4.78, 5) is 11.0. The van der Waals surface area contributed by atoms with Crippen molar-refractivity contribution in [2.75, 3.05) is 43.2 Å². The molecule has 0 radical (unpaired) electrons. The topological polar surface area (TPSA) is 75.8 Å². The predicted octanol–water partition coefficient (Wildman–Crippen LogP) is 2.02. The Hall–Kier alpha value is -0.700. The quantitative estimate of drug-likeness (QED) is 0.802. The molecule has 24 heavy (non-hydrogen) atoms. The summed E-state index contributed by atoms with van der Waals surface area (Å²) >= 11 is 4.19. The van der Waals surface area contributed by atoms with Crippen molar-refractivity contribution in [3.05, 3.63) is 17.5 Å². The monoisotopic (exact) mass is 374 g/mol. The molecule has 0 amide bonds. The normalized spacial score (nSPS) is 25.8. The van der Waals surface area contributed by atoms with Crippen molar-refractivity contribution in [1.29, 1.82) is 0 Å². The Morgan fingerprint density at radius 3 is 2.62 bits per heavy atom. The summed E-state index contributed by atoms with van der Waals surface area (Å²) < 4.78 is 11.1. The number of carboxylic acid groups (broad SMARTS) is 1. The molecule has 6 nitrogen and oxygen atoms in total. The number of ether oxygens (including phenoxy) is 1. The summed E-state index contributed by atoms with van der Waals surface area (Å²) in [7, 11) is 1.84. The molecular weight excluding hydrogens is 348 g/mol. The van der Waals surface area contributed by atoms with Crippen molar-refractivity contribution in [2.45, 2.75) is 25.5 Å². The highest BCUT2D eigenvalue weighted by Gasteiger charge is 2.37. The van der Waals surface area contributed by atoms with Crippen LogP contribution >= 0.6 is 23.5 Å². The third kappa shape index (κ3) is 5.68. The summed E-state index contributed by atoms with van der Waals surface area (Å²) in [6.45, 7) is 3.89. The standard InChI is InChI=1S/C15H24N2O2S2.CH2O2/c1-11-5-14(19-16-11)6-12-7-17(8-15(12)18-2)13-9-20-3-4-21-10-13;2-1-3/h5,12-13,15H,3-4,6-10H2,1-2H3;1H,(H,2,3)/t12-,15+;/m1./s1. The Kier molecular flexibility index (Phi) is 8.44. The first-order chi connectivity index (χ1) is 11.7. The molecular formula is C16H26N2O4S2. The van der Waals surface area contributed by atoms with Gasteiger partial charge in [-0.3, -0.25) is 9.69 Å². The van der Waals surface area contributed by atoms with Gasteiger partial charge in [0.15, 0.2) is 0 Å². The van der Waals surface area contributed by atoms with E-state index < -0.39 is 0 Å². The van der Waals surface area contributed by atoms with Gasteiger partial charge in [-0.15, -0.1) is 0 Å². The molecule has 0 unspecified atom stereocenters. The lowest BCUT2D eigenvalue weighted by molar-refractivity contribution is -0.122. The van der Waals surface area contributed by atoms with Crippen LogP contribution in [0.15, 0.2) is 10.6 Å². The molecule has 2 atom stereocenters. The third-order valence-electron chi connectivity index (χ3n) is 4.36. The van der Waals surface area contributed by atoms with Crippen molar-refractivity contribution in [2.24, 2.45) is 5.92 Å². The summed E-state index contributed by atoms with van der Waals surface area (Å²) in [5.41, 5.74) is 0.963. The molecule has 3 rings (SSSR count). The van der Waals surface area contributed by atoms with Crippen LogP contribution in [0.25, 0.3) is 0 Å². The van der Waals surface area contributed by atoms with Crippen molar-refractivity contribution in [1.82, 2.24) is 10.1 Å². The zero-order valence-corrected chi connectivity index (χ0v) is 15.9. The number of aryl methyl sites for hydroxylation is 1. The number of hydrogen-bond donors (Lipinski definition) is 1. The molecule has 0 saturated carbocycles. The van der Waals surface area contributed by atoms with E-state index in [9.17, 15) is 0 Å². The summed E-state index contributed by atoms with van der Waals surface area (Å²) in [5, 5.41) is 10.9. The van der Waals surface area contributed by atoms with Crippen molar-refractivity contribution < 1.29 is 19.2 Å². The maximum Gasteiger partial charge on any atom is 0.290 e. The fourth-order valence-corrected chi connectivity index (χ4v) is 5.85. The molecule has 0 aliphatic carbocycles. The average Bonchev–Trinajstić information content (AvgIpc) is 3.05. The Bertz CT molecular complexity index is 492. The highest BCUT2D eigenvalue weighted by atomic mass is 32.2. The van der Waals surface area contributed by atoms with Gasteiger partial charge >= 0.3 is 0 Å². The number of likely N-dealkylation sites (tertiary alicyclic amines) is 1. The van der Waals surface area contributed by atoms with E-state index in [2.05, 4.69) is 33.6 Å². The second kappa shape index (κ2) is 10.3. The fourth-order valence-electron chi connectivity index (χ4n) is 3.22. The zero-order valence-electron chi connectivity index (χ0n) is 14.2. The number of nitrogens with zero attached hydrogens (tertiary/aromatic N) is 2. The number of hydrogen-bond acceptors (Lipinski definition) is 7. The first-order valence-electron chi connectivity index (χ1n) is 8.10. The Labute approximate surface area is 151 Å². The first-order valence-corrected chi connectivity index (χ1v) is 10.4. The molecule has 0 aromatic carbocycles.